The third-order valence-corrected chi connectivity index (χ3v) is 4.73. The Labute approximate surface area is 154 Å². The molecule has 2 aliphatic rings. The van der Waals surface area contributed by atoms with Crippen LogP contribution in [0.2, 0.25) is 0 Å². The second kappa shape index (κ2) is 6.02. The number of carbonyl (C=O) groups excluding carboxylic acids is 1. The van der Waals surface area contributed by atoms with E-state index in [2.05, 4.69) is 5.32 Å². The molecule has 1 atom stereocenters. The molecule has 3 aromatic rings. The maximum atomic E-state index is 13.9. The van der Waals surface area contributed by atoms with Crippen molar-refractivity contribution in [2.75, 3.05) is 17.0 Å². The van der Waals surface area contributed by atoms with Gasteiger partial charge in [0.1, 0.15) is 12.0 Å². The van der Waals surface area contributed by atoms with E-state index in [0.717, 1.165) is 0 Å². The van der Waals surface area contributed by atoms with Crippen LogP contribution in [0.1, 0.15) is 22.1 Å². The van der Waals surface area contributed by atoms with Crippen LogP contribution in [0.5, 0.6) is 11.5 Å². The molecule has 5 nitrogen and oxygen atoms in total. The Bertz CT molecular complexity index is 1050. The number of carbonyl (C=O) groups is 1. The van der Waals surface area contributed by atoms with Gasteiger partial charge in [0.25, 0.3) is 5.91 Å². The predicted molar refractivity (Wildman–Crippen MR) is 98.6 cm³/mol. The molecule has 0 bridgehead atoms. The van der Waals surface area contributed by atoms with Crippen molar-refractivity contribution in [1.29, 1.82) is 0 Å². The summed E-state index contributed by atoms with van der Waals surface area (Å²) in [5.74, 6) is 0.694. The van der Waals surface area contributed by atoms with Crippen molar-refractivity contribution in [3.8, 4) is 11.5 Å². The Morgan fingerprint density at radius 2 is 1.81 bits per heavy atom. The molecule has 0 fully saturated rings. The highest BCUT2D eigenvalue weighted by Crippen LogP contribution is 2.41. The third kappa shape index (κ3) is 2.57. The van der Waals surface area contributed by atoms with Gasteiger partial charge in [0.2, 0.25) is 6.79 Å². The number of fused-ring (bicyclic) bond motifs is 2. The van der Waals surface area contributed by atoms with Crippen molar-refractivity contribution in [1.82, 2.24) is 0 Å². The highest BCUT2D eigenvalue weighted by molar-refractivity contribution is 6.12. The lowest BCUT2D eigenvalue weighted by Gasteiger charge is -2.38. The molecule has 134 valence electrons. The minimum Gasteiger partial charge on any atom is -0.454 e. The molecule has 1 N–H and O–H groups in total. The van der Waals surface area contributed by atoms with Crippen LogP contribution in [0.3, 0.4) is 0 Å². The number of hydrogen-bond donors (Lipinski definition) is 1. The Balaban J connectivity index is 1.66. The lowest BCUT2D eigenvalue weighted by molar-refractivity contribution is 0.0975. The maximum absolute atomic E-state index is 13.9. The van der Waals surface area contributed by atoms with Crippen molar-refractivity contribution in [3.63, 3.8) is 0 Å². The van der Waals surface area contributed by atoms with Crippen LogP contribution in [-0.2, 0) is 0 Å². The topological polar surface area (TPSA) is 50.8 Å². The summed E-state index contributed by atoms with van der Waals surface area (Å²) < 4.78 is 24.7. The molecule has 1 amide bonds. The number of para-hydroxylation sites is 1. The van der Waals surface area contributed by atoms with E-state index in [1.807, 2.05) is 18.2 Å². The molecule has 0 saturated heterocycles. The Morgan fingerprint density at radius 3 is 2.70 bits per heavy atom. The Kier molecular flexibility index (Phi) is 3.50. The van der Waals surface area contributed by atoms with Gasteiger partial charge in [-0.15, -0.1) is 0 Å². The second-order valence-electron chi connectivity index (χ2n) is 6.36. The van der Waals surface area contributed by atoms with Crippen molar-refractivity contribution in [2.45, 2.75) is 6.17 Å². The fourth-order valence-corrected chi connectivity index (χ4v) is 3.46. The van der Waals surface area contributed by atoms with E-state index in [9.17, 15) is 9.18 Å². The minimum absolute atomic E-state index is 0.154. The first-order valence-electron chi connectivity index (χ1n) is 8.55. The van der Waals surface area contributed by atoms with Crippen LogP contribution in [0.15, 0.2) is 66.7 Å². The van der Waals surface area contributed by atoms with Crippen molar-refractivity contribution in [2.24, 2.45) is 0 Å². The van der Waals surface area contributed by atoms with Crippen molar-refractivity contribution >= 4 is 17.3 Å². The number of halogens is 1. The van der Waals surface area contributed by atoms with Gasteiger partial charge in [0, 0.05) is 11.8 Å². The number of rotatable bonds is 2. The average molecular weight is 362 g/mol. The summed E-state index contributed by atoms with van der Waals surface area (Å²) in [5, 5.41) is 3.35. The number of ether oxygens (including phenoxy) is 2. The predicted octanol–water partition coefficient (Wildman–Crippen LogP) is 4.33. The number of hydrogen-bond acceptors (Lipinski definition) is 4. The van der Waals surface area contributed by atoms with E-state index in [0.29, 0.717) is 34.0 Å². The van der Waals surface area contributed by atoms with Gasteiger partial charge in [-0.3, -0.25) is 9.69 Å². The average Bonchev–Trinajstić information content (AvgIpc) is 3.16. The lowest BCUT2D eigenvalue weighted by atomic mass is 10.0. The van der Waals surface area contributed by atoms with Crippen LogP contribution >= 0.6 is 0 Å². The standard InChI is InChI=1S/C21H15FN2O3/c22-14-5-3-4-13(10-14)20-23-17-7-2-1-6-16(17)21(25)24(20)15-8-9-18-19(11-15)27-12-26-18/h1-11,20,23H,12H2/t20-/m0/s1. The van der Waals surface area contributed by atoms with Crippen LogP contribution in [-0.4, -0.2) is 12.7 Å². The van der Waals surface area contributed by atoms with Crippen LogP contribution in [0.25, 0.3) is 0 Å². The summed E-state index contributed by atoms with van der Waals surface area (Å²) in [6, 6.07) is 18.9. The Morgan fingerprint density at radius 1 is 0.963 bits per heavy atom. The molecule has 27 heavy (non-hydrogen) atoms. The minimum atomic E-state index is -0.552. The van der Waals surface area contributed by atoms with Gasteiger partial charge < -0.3 is 14.8 Å². The summed E-state index contributed by atoms with van der Waals surface area (Å²) in [4.78, 5) is 14.9. The van der Waals surface area contributed by atoms with E-state index >= 15 is 0 Å². The summed E-state index contributed by atoms with van der Waals surface area (Å²) in [6.45, 7) is 0.154. The molecule has 2 aliphatic heterocycles. The number of amides is 1. The number of benzene rings is 3. The quantitative estimate of drug-likeness (QED) is 0.737. The van der Waals surface area contributed by atoms with Crippen molar-refractivity contribution < 1.29 is 18.7 Å². The normalized spacial score (nSPS) is 17.4. The molecule has 0 saturated carbocycles. The first-order chi connectivity index (χ1) is 13.2. The number of nitrogens with zero attached hydrogens (tertiary/aromatic N) is 1. The van der Waals surface area contributed by atoms with E-state index in [-0.39, 0.29) is 18.5 Å². The largest absolute Gasteiger partial charge is 0.454 e. The fraction of sp³-hybridized carbons (Fsp3) is 0.0952. The van der Waals surface area contributed by atoms with Crippen LogP contribution < -0.4 is 19.7 Å². The maximum Gasteiger partial charge on any atom is 0.262 e. The van der Waals surface area contributed by atoms with E-state index in [4.69, 9.17) is 9.47 Å². The number of anilines is 2. The SMILES string of the molecule is O=C1c2ccccc2N[C@H](c2cccc(F)c2)N1c1ccc2c(c1)OCO2. The lowest BCUT2D eigenvalue weighted by Crippen LogP contribution is -2.43. The summed E-state index contributed by atoms with van der Waals surface area (Å²) in [6.07, 6.45) is -0.552. The highest BCUT2D eigenvalue weighted by atomic mass is 19.1. The Hall–Kier alpha value is -3.54. The van der Waals surface area contributed by atoms with Gasteiger partial charge in [0.15, 0.2) is 11.5 Å². The van der Waals surface area contributed by atoms with E-state index < -0.39 is 6.17 Å². The fourth-order valence-electron chi connectivity index (χ4n) is 3.46. The monoisotopic (exact) mass is 362 g/mol. The summed E-state index contributed by atoms with van der Waals surface area (Å²) >= 11 is 0. The number of nitrogens with one attached hydrogen (secondary N) is 1. The molecular weight excluding hydrogens is 347 g/mol. The van der Waals surface area contributed by atoms with Gasteiger partial charge in [-0.05, 0) is 42.0 Å². The van der Waals surface area contributed by atoms with Gasteiger partial charge in [-0.2, -0.15) is 0 Å². The third-order valence-electron chi connectivity index (χ3n) is 4.73. The summed E-state index contributed by atoms with van der Waals surface area (Å²) in [7, 11) is 0. The zero-order valence-corrected chi connectivity index (χ0v) is 14.2. The molecule has 5 rings (SSSR count). The first kappa shape index (κ1) is 15.7. The molecule has 0 radical (unpaired) electrons. The van der Waals surface area contributed by atoms with Gasteiger partial charge in [-0.1, -0.05) is 24.3 Å². The molecule has 3 aromatic carbocycles. The van der Waals surface area contributed by atoms with E-state index in [1.165, 1.54) is 12.1 Å². The first-order valence-corrected chi connectivity index (χ1v) is 8.55. The molecule has 0 aromatic heterocycles. The van der Waals surface area contributed by atoms with Gasteiger partial charge in [0.05, 0.1) is 11.3 Å². The zero-order valence-electron chi connectivity index (χ0n) is 14.2. The van der Waals surface area contributed by atoms with Crippen LogP contribution in [0.4, 0.5) is 15.8 Å². The zero-order chi connectivity index (χ0) is 18.4. The summed E-state index contributed by atoms with van der Waals surface area (Å²) in [5.41, 5.74) is 2.56. The smallest absolute Gasteiger partial charge is 0.262 e. The second-order valence-corrected chi connectivity index (χ2v) is 6.36. The highest BCUT2D eigenvalue weighted by Gasteiger charge is 2.34. The molecule has 6 heteroatoms. The van der Waals surface area contributed by atoms with E-state index in [1.54, 1.807) is 41.3 Å². The van der Waals surface area contributed by atoms with Gasteiger partial charge in [-0.25, -0.2) is 4.39 Å². The molecule has 0 aliphatic carbocycles. The molecular formula is C21H15FN2O3. The molecule has 0 spiro atoms. The van der Waals surface area contributed by atoms with Gasteiger partial charge >= 0.3 is 0 Å². The molecule has 0 unspecified atom stereocenters. The van der Waals surface area contributed by atoms with Crippen LogP contribution in [0, 0.1) is 5.82 Å². The molecule has 2 heterocycles. The van der Waals surface area contributed by atoms with Crippen molar-refractivity contribution in [3.05, 3.63) is 83.7 Å².